The summed E-state index contributed by atoms with van der Waals surface area (Å²) in [6.07, 6.45) is 0. The van der Waals surface area contributed by atoms with Crippen molar-refractivity contribution in [3.05, 3.63) is 29.8 Å². The summed E-state index contributed by atoms with van der Waals surface area (Å²) in [7, 11) is -0.108. The molecule has 1 unspecified atom stereocenters. The molecule has 13 heavy (non-hydrogen) atoms. The molecule has 0 amide bonds. The highest BCUT2D eigenvalue weighted by molar-refractivity contribution is 7.43. The highest BCUT2D eigenvalue weighted by Gasteiger charge is 2.29. The molecule has 0 fully saturated rings. The molecular weight excluding hydrogens is 191 g/mol. The van der Waals surface area contributed by atoms with Gasteiger partial charge in [0.05, 0.1) is 0 Å². The fourth-order valence-corrected chi connectivity index (χ4v) is 1.75. The van der Waals surface area contributed by atoms with E-state index in [1.807, 2.05) is 0 Å². The lowest BCUT2D eigenvalue weighted by Gasteiger charge is -2.20. The summed E-state index contributed by atoms with van der Waals surface area (Å²) in [5, 5.41) is 0. The largest absolute Gasteiger partial charge is 0.465 e. The molecule has 0 bridgehead atoms. The van der Waals surface area contributed by atoms with Crippen molar-refractivity contribution in [2.45, 2.75) is 0 Å². The summed E-state index contributed by atoms with van der Waals surface area (Å²) in [5.41, 5.74) is 0.443. The standard InChI is InChI=1S/C8H7O4P/c1-10-13-11-7-5-3-2-4-6(7)8(9)12-13/h2-5H,1H3. The highest BCUT2D eigenvalue weighted by Crippen LogP contribution is 2.45. The third-order valence-corrected chi connectivity index (χ3v) is 2.55. The van der Waals surface area contributed by atoms with Crippen molar-refractivity contribution in [1.29, 1.82) is 0 Å². The van der Waals surface area contributed by atoms with Gasteiger partial charge in [0, 0.05) is 7.11 Å². The van der Waals surface area contributed by atoms with E-state index in [9.17, 15) is 4.79 Å². The van der Waals surface area contributed by atoms with Crippen LogP contribution in [0, 0.1) is 0 Å². The Labute approximate surface area is 76.4 Å². The van der Waals surface area contributed by atoms with E-state index in [1.54, 1.807) is 24.3 Å². The van der Waals surface area contributed by atoms with Gasteiger partial charge in [-0.05, 0) is 12.1 Å². The fraction of sp³-hybridized carbons (Fsp3) is 0.125. The molecule has 1 aromatic rings. The second-order valence-electron chi connectivity index (χ2n) is 2.37. The van der Waals surface area contributed by atoms with Gasteiger partial charge in [-0.2, -0.15) is 0 Å². The first kappa shape index (κ1) is 8.48. The zero-order valence-electron chi connectivity index (χ0n) is 6.89. The highest BCUT2D eigenvalue weighted by atomic mass is 31.2. The van der Waals surface area contributed by atoms with E-state index in [4.69, 9.17) is 13.6 Å². The van der Waals surface area contributed by atoms with Gasteiger partial charge in [-0.25, -0.2) is 4.79 Å². The van der Waals surface area contributed by atoms with E-state index in [1.165, 1.54) is 7.11 Å². The second-order valence-corrected chi connectivity index (χ2v) is 3.55. The Morgan fingerprint density at radius 3 is 2.85 bits per heavy atom. The Bertz CT molecular complexity index is 339. The Balaban J connectivity index is 2.37. The summed E-state index contributed by atoms with van der Waals surface area (Å²) in [6, 6.07) is 6.91. The minimum atomic E-state index is -1.55. The molecule has 0 aromatic heterocycles. The van der Waals surface area contributed by atoms with Crippen LogP contribution in [0.2, 0.25) is 0 Å². The van der Waals surface area contributed by atoms with Crippen molar-refractivity contribution in [3.63, 3.8) is 0 Å². The molecule has 0 saturated carbocycles. The lowest BCUT2D eigenvalue weighted by Crippen LogP contribution is -2.12. The van der Waals surface area contributed by atoms with Crippen LogP contribution in [0.4, 0.5) is 0 Å². The van der Waals surface area contributed by atoms with Crippen LogP contribution in [0.5, 0.6) is 5.75 Å². The minimum Gasteiger partial charge on any atom is -0.417 e. The molecule has 5 heteroatoms. The summed E-state index contributed by atoms with van der Waals surface area (Å²) >= 11 is 0. The third kappa shape index (κ3) is 1.50. The number of carbonyl (C=O) groups is 1. The average molecular weight is 198 g/mol. The molecule has 68 valence electrons. The van der Waals surface area contributed by atoms with Gasteiger partial charge in [0.2, 0.25) is 0 Å². The fourth-order valence-electron chi connectivity index (χ4n) is 1.01. The van der Waals surface area contributed by atoms with E-state index >= 15 is 0 Å². The maximum atomic E-state index is 11.3. The van der Waals surface area contributed by atoms with Crippen LogP contribution in [-0.4, -0.2) is 13.1 Å². The van der Waals surface area contributed by atoms with Crippen LogP contribution in [-0.2, 0) is 9.05 Å². The van der Waals surface area contributed by atoms with Crippen molar-refractivity contribution in [1.82, 2.24) is 0 Å². The number of rotatable bonds is 1. The molecule has 0 aliphatic carbocycles. The van der Waals surface area contributed by atoms with Gasteiger partial charge in [0.1, 0.15) is 11.3 Å². The lowest BCUT2D eigenvalue weighted by molar-refractivity contribution is 0.0683. The maximum Gasteiger partial charge on any atom is 0.465 e. The van der Waals surface area contributed by atoms with E-state index in [2.05, 4.69) is 0 Å². The molecule has 4 nitrogen and oxygen atoms in total. The number of hydrogen-bond acceptors (Lipinski definition) is 4. The molecule has 1 aliphatic rings. The molecule has 0 N–H and O–H groups in total. The predicted molar refractivity (Wildman–Crippen MR) is 46.4 cm³/mol. The average Bonchev–Trinajstić information content (AvgIpc) is 2.18. The van der Waals surface area contributed by atoms with Gasteiger partial charge >= 0.3 is 14.6 Å². The van der Waals surface area contributed by atoms with Gasteiger partial charge in [0.15, 0.2) is 0 Å². The monoisotopic (exact) mass is 198 g/mol. The number of para-hydroxylation sites is 1. The molecule has 0 saturated heterocycles. The van der Waals surface area contributed by atoms with Crippen molar-refractivity contribution in [2.75, 3.05) is 7.11 Å². The quantitative estimate of drug-likeness (QED) is 0.648. The van der Waals surface area contributed by atoms with Gasteiger partial charge < -0.3 is 9.05 Å². The van der Waals surface area contributed by atoms with Crippen LogP contribution in [0.1, 0.15) is 10.4 Å². The topological polar surface area (TPSA) is 44.8 Å². The Morgan fingerprint density at radius 1 is 1.31 bits per heavy atom. The van der Waals surface area contributed by atoms with Crippen molar-refractivity contribution in [3.8, 4) is 5.75 Å². The Hall–Kier alpha value is -1.12. The smallest absolute Gasteiger partial charge is 0.417 e. The predicted octanol–water partition coefficient (Wildman–Crippen LogP) is 2.11. The SMILES string of the molecule is COP1OC(=O)c2ccccc2O1. The third-order valence-electron chi connectivity index (χ3n) is 1.59. The van der Waals surface area contributed by atoms with Crippen LogP contribution in [0.25, 0.3) is 0 Å². The van der Waals surface area contributed by atoms with E-state index in [0.29, 0.717) is 11.3 Å². The number of carbonyl (C=O) groups excluding carboxylic acids is 1. The summed E-state index contributed by atoms with van der Waals surface area (Å²) in [4.78, 5) is 11.3. The van der Waals surface area contributed by atoms with E-state index in [0.717, 1.165) is 0 Å². The van der Waals surface area contributed by atoms with Gasteiger partial charge in [-0.1, -0.05) is 12.1 Å². The van der Waals surface area contributed by atoms with E-state index < -0.39 is 14.6 Å². The Kier molecular flexibility index (Phi) is 2.17. The minimum absolute atomic E-state index is 0.394. The van der Waals surface area contributed by atoms with Crippen LogP contribution in [0.3, 0.4) is 0 Å². The van der Waals surface area contributed by atoms with Crippen LogP contribution >= 0.6 is 8.60 Å². The van der Waals surface area contributed by atoms with Gasteiger partial charge in [-0.15, -0.1) is 0 Å². The molecule has 0 spiro atoms. The van der Waals surface area contributed by atoms with Crippen molar-refractivity contribution in [2.24, 2.45) is 0 Å². The molecular formula is C8H7O4P. The van der Waals surface area contributed by atoms with Gasteiger partial charge in [0.25, 0.3) is 0 Å². The number of benzene rings is 1. The zero-order valence-corrected chi connectivity index (χ0v) is 7.78. The lowest BCUT2D eigenvalue weighted by atomic mass is 10.2. The normalized spacial score (nSPS) is 20.1. The molecule has 0 radical (unpaired) electrons. The first-order valence-electron chi connectivity index (χ1n) is 3.65. The van der Waals surface area contributed by atoms with Crippen LogP contribution < -0.4 is 4.52 Å². The molecule has 2 rings (SSSR count). The summed E-state index contributed by atoms with van der Waals surface area (Å²) in [6.45, 7) is 0. The first-order valence-corrected chi connectivity index (χ1v) is 4.74. The maximum absolute atomic E-state index is 11.3. The summed E-state index contributed by atoms with van der Waals surface area (Å²) < 4.78 is 14.9. The number of hydrogen-bond donors (Lipinski definition) is 0. The van der Waals surface area contributed by atoms with E-state index in [-0.39, 0.29) is 0 Å². The first-order chi connectivity index (χ1) is 6.31. The molecule has 1 heterocycles. The molecule has 1 aliphatic heterocycles. The van der Waals surface area contributed by atoms with Crippen molar-refractivity contribution >= 4 is 14.6 Å². The molecule has 1 atom stereocenters. The Morgan fingerprint density at radius 2 is 2.08 bits per heavy atom. The number of fused-ring (bicyclic) bond motifs is 1. The van der Waals surface area contributed by atoms with Crippen molar-refractivity contribution < 1.29 is 18.4 Å². The second kappa shape index (κ2) is 3.32. The molecule has 1 aromatic carbocycles. The summed E-state index contributed by atoms with van der Waals surface area (Å²) in [5.74, 6) is 0.126. The van der Waals surface area contributed by atoms with Gasteiger partial charge in [-0.3, -0.25) is 4.52 Å². The zero-order chi connectivity index (χ0) is 9.26. The van der Waals surface area contributed by atoms with Crippen LogP contribution in [0.15, 0.2) is 24.3 Å².